The summed E-state index contributed by atoms with van der Waals surface area (Å²) in [6, 6.07) is 6.07. The molecular formula is C13H16N2O2. The van der Waals surface area contributed by atoms with E-state index in [1.54, 1.807) is 0 Å². The lowest BCUT2D eigenvalue weighted by atomic mass is 9.66. The highest BCUT2D eigenvalue weighted by atomic mass is 16.5. The first-order valence-corrected chi connectivity index (χ1v) is 5.73. The molecular weight excluding hydrogens is 216 g/mol. The molecule has 4 heteroatoms. The first-order chi connectivity index (χ1) is 8.03. The van der Waals surface area contributed by atoms with E-state index >= 15 is 0 Å². The van der Waals surface area contributed by atoms with E-state index in [1.807, 2.05) is 26.0 Å². The van der Waals surface area contributed by atoms with Gasteiger partial charge >= 0.3 is 0 Å². The molecule has 0 unspecified atom stereocenters. The number of rotatable bonds is 2. The summed E-state index contributed by atoms with van der Waals surface area (Å²) in [5.74, 6) is 0. The zero-order valence-electron chi connectivity index (χ0n) is 10.1. The van der Waals surface area contributed by atoms with Crippen molar-refractivity contribution in [3.05, 3.63) is 30.2 Å². The molecule has 0 spiro atoms. The van der Waals surface area contributed by atoms with Crippen LogP contribution < -0.4 is 5.73 Å². The Hall–Kier alpha value is -1.39. The minimum atomic E-state index is -0.320. The smallest absolute Gasteiger partial charge is 0.181 e. The molecule has 3 rings (SSSR count). The number of ether oxygens (including phenoxy) is 1. The van der Waals surface area contributed by atoms with Gasteiger partial charge < -0.3 is 14.9 Å². The van der Waals surface area contributed by atoms with Crippen molar-refractivity contribution in [1.29, 1.82) is 0 Å². The van der Waals surface area contributed by atoms with Gasteiger partial charge in [-0.2, -0.15) is 0 Å². The van der Waals surface area contributed by atoms with Crippen LogP contribution in [0.25, 0.3) is 11.1 Å². The van der Waals surface area contributed by atoms with E-state index in [0.717, 1.165) is 11.1 Å². The topological polar surface area (TPSA) is 61.3 Å². The van der Waals surface area contributed by atoms with Crippen LogP contribution in [-0.4, -0.2) is 23.7 Å². The summed E-state index contributed by atoms with van der Waals surface area (Å²) in [7, 11) is 0. The zero-order valence-corrected chi connectivity index (χ0v) is 10.1. The van der Waals surface area contributed by atoms with Crippen LogP contribution in [0.5, 0.6) is 0 Å². The van der Waals surface area contributed by atoms with Crippen LogP contribution in [0, 0.1) is 0 Å². The number of benzene rings is 1. The molecule has 2 heterocycles. The standard InChI is InChI=1S/C13H16N2O2/c1-12(2,14)13(6-16-7-13)9-3-4-10-11(5-9)17-8-15-10/h3-5,8H,6-7,14H2,1-2H3. The van der Waals surface area contributed by atoms with Crippen molar-refractivity contribution in [2.75, 3.05) is 13.2 Å². The second kappa shape index (κ2) is 3.31. The van der Waals surface area contributed by atoms with Crippen molar-refractivity contribution >= 4 is 11.1 Å². The number of aromatic nitrogens is 1. The van der Waals surface area contributed by atoms with Gasteiger partial charge in [0.2, 0.25) is 0 Å². The predicted octanol–water partition coefficient (Wildman–Crippen LogP) is 1.83. The van der Waals surface area contributed by atoms with E-state index in [4.69, 9.17) is 14.9 Å². The third kappa shape index (κ3) is 1.41. The van der Waals surface area contributed by atoms with Crippen molar-refractivity contribution in [1.82, 2.24) is 4.98 Å². The molecule has 1 fully saturated rings. The van der Waals surface area contributed by atoms with Crippen molar-refractivity contribution in [3.8, 4) is 0 Å². The molecule has 1 aliphatic rings. The highest BCUT2D eigenvalue weighted by Gasteiger charge is 2.50. The van der Waals surface area contributed by atoms with Gasteiger partial charge in [0, 0.05) is 5.54 Å². The Morgan fingerprint density at radius 1 is 1.35 bits per heavy atom. The Bertz CT molecular complexity index is 550. The molecule has 0 saturated carbocycles. The maximum Gasteiger partial charge on any atom is 0.181 e. The fourth-order valence-corrected chi connectivity index (χ4v) is 2.37. The Balaban J connectivity index is 2.13. The van der Waals surface area contributed by atoms with Gasteiger partial charge in [0.1, 0.15) is 5.52 Å². The summed E-state index contributed by atoms with van der Waals surface area (Å²) in [4.78, 5) is 4.12. The van der Waals surface area contributed by atoms with E-state index in [-0.39, 0.29) is 11.0 Å². The predicted molar refractivity (Wildman–Crippen MR) is 64.8 cm³/mol. The number of oxazole rings is 1. The molecule has 2 aromatic rings. The van der Waals surface area contributed by atoms with Crippen LogP contribution in [0.2, 0.25) is 0 Å². The molecule has 1 aliphatic heterocycles. The molecule has 0 atom stereocenters. The molecule has 0 bridgehead atoms. The summed E-state index contributed by atoms with van der Waals surface area (Å²) in [5, 5.41) is 0. The maximum atomic E-state index is 6.30. The number of fused-ring (bicyclic) bond motifs is 1. The molecule has 0 radical (unpaired) electrons. The van der Waals surface area contributed by atoms with Crippen molar-refractivity contribution in [2.24, 2.45) is 5.73 Å². The molecule has 1 aromatic heterocycles. The van der Waals surface area contributed by atoms with Crippen molar-refractivity contribution in [3.63, 3.8) is 0 Å². The van der Waals surface area contributed by atoms with Crippen LogP contribution in [0.15, 0.2) is 29.0 Å². The van der Waals surface area contributed by atoms with Crippen LogP contribution >= 0.6 is 0 Å². The highest BCUT2D eigenvalue weighted by Crippen LogP contribution is 2.41. The Morgan fingerprint density at radius 2 is 2.12 bits per heavy atom. The first-order valence-electron chi connectivity index (χ1n) is 5.73. The fourth-order valence-electron chi connectivity index (χ4n) is 2.37. The molecule has 2 N–H and O–H groups in total. The molecule has 17 heavy (non-hydrogen) atoms. The number of nitrogens with zero attached hydrogens (tertiary/aromatic N) is 1. The summed E-state index contributed by atoms with van der Waals surface area (Å²) < 4.78 is 10.7. The van der Waals surface area contributed by atoms with Crippen molar-refractivity contribution in [2.45, 2.75) is 24.8 Å². The molecule has 1 saturated heterocycles. The second-order valence-electron chi connectivity index (χ2n) is 5.33. The lowest BCUT2D eigenvalue weighted by molar-refractivity contribution is -0.0918. The average molecular weight is 232 g/mol. The van der Waals surface area contributed by atoms with Gasteiger partial charge in [-0.15, -0.1) is 0 Å². The summed E-state index contributed by atoms with van der Waals surface area (Å²) in [6.07, 6.45) is 1.46. The quantitative estimate of drug-likeness (QED) is 0.858. The number of hydrogen-bond acceptors (Lipinski definition) is 4. The largest absolute Gasteiger partial charge is 0.443 e. The highest BCUT2D eigenvalue weighted by molar-refractivity contribution is 5.73. The minimum Gasteiger partial charge on any atom is -0.443 e. The van der Waals surface area contributed by atoms with Gasteiger partial charge in [-0.1, -0.05) is 6.07 Å². The Morgan fingerprint density at radius 3 is 2.71 bits per heavy atom. The first kappa shape index (κ1) is 10.7. The molecule has 4 nitrogen and oxygen atoms in total. The number of nitrogens with two attached hydrogens (primary N) is 1. The minimum absolute atomic E-state index is 0.117. The van der Waals surface area contributed by atoms with Gasteiger partial charge in [-0.25, -0.2) is 4.98 Å². The third-order valence-corrected chi connectivity index (χ3v) is 3.81. The van der Waals surface area contributed by atoms with Crippen LogP contribution in [0.3, 0.4) is 0 Å². The lowest BCUT2D eigenvalue weighted by Gasteiger charge is -2.51. The monoisotopic (exact) mass is 232 g/mol. The molecule has 0 aliphatic carbocycles. The average Bonchev–Trinajstić information content (AvgIpc) is 2.60. The van der Waals surface area contributed by atoms with E-state index in [2.05, 4.69) is 11.1 Å². The van der Waals surface area contributed by atoms with Crippen LogP contribution in [-0.2, 0) is 10.2 Å². The van der Waals surface area contributed by atoms with E-state index < -0.39 is 0 Å². The Kier molecular flexibility index (Phi) is 2.09. The lowest BCUT2D eigenvalue weighted by Crippen LogP contribution is -2.64. The molecule has 90 valence electrons. The van der Waals surface area contributed by atoms with E-state index in [1.165, 1.54) is 12.0 Å². The normalized spacial score (nSPS) is 19.2. The van der Waals surface area contributed by atoms with Gasteiger partial charge in [-0.3, -0.25) is 0 Å². The van der Waals surface area contributed by atoms with Crippen molar-refractivity contribution < 1.29 is 9.15 Å². The fraction of sp³-hybridized carbons (Fsp3) is 0.462. The summed E-state index contributed by atoms with van der Waals surface area (Å²) >= 11 is 0. The van der Waals surface area contributed by atoms with Gasteiger partial charge in [0.25, 0.3) is 0 Å². The van der Waals surface area contributed by atoms with E-state index in [0.29, 0.717) is 13.2 Å². The van der Waals surface area contributed by atoms with Gasteiger partial charge in [-0.05, 0) is 31.5 Å². The zero-order chi connectivity index (χ0) is 12.1. The van der Waals surface area contributed by atoms with Crippen LogP contribution in [0.4, 0.5) is 0 Å². The summed E-state index contributed by atoms with van der Waals surface area (Å²) in [5.41, 5.74) is 8.71. The third-order valence-electron chi connectivity index (χ3n) is 3.81. The summed E-state index contributed by atoms with van der Waals surface area (Å²) in [6.45, 7) is 5.41. The maximum absolute atomic E-state index is 6.30. The number of hydrogen-bond donors (Lipinski definition) is 1. The van der Waals surface area contributed by atoms with Gasteiger partial charge in [0.15, 0.2) is 12.0 Å². The van der Waals surface area contributed by atoms with Gasteiger partial charge in [0.05, 0.1) is 18.6 Å². The second-order valence-corrected chi connectivity index (χ2v) is 5.33. The molecule has 1 aromatic carbocycles. The van der Waals surface area contributed by atoms with Crippen LogP contribution in [0.1, 0.15) is 19.4 Å². The SMILES string of the molecule is CC(C)(N)C1(c2ccc3ncoc3c2)COC1. The Labute approximate surface area is 99.8 Å². The van der Waals surface area contributed by atoms with E-state index in [9.17, 15) is 0 Å². The molecule has 0 amide bonds.